The lowest BCUT2D eigenvalue weighted by Crippen LogP contribution is -2.26. The molecule has 0 fully saturated rings. The van der Waals surface area contributed by atoms with E-state index in [1.165, 1.54) is 24.3 Å². The van der Waals surface area contributed by atoms with Crippen molar-refractivity contribution in [2.45, 2.75) is 77.5 Å². The Morgan fingerprint density at radius 2 is 1.38 bits per heavy atom. The summed E-state index contributed by atoms with van der Waals surface area (Å²) in [7, 11) is 0. The zero-order valence-corrected chi connectivity index (χ0v) is 17.2. The van der Waals surface area contributed by atoms with Crippen LogP contribution in [0.2, 0.25) is 0 Å². The minimum absolute atomic E-state index is 0.0407. The summed E-state index contributed by atoms with van der Waals surface area (Å²) in [6.07, 6.45) is -1.91. The Balaban J connectivity index is 2.16. The summed E-state index contributed by atoms with van der Waals surface area (Å²) >= 11 is 0. The van der Waals surface area contributed by atoms with E-state index in [0.29, 0.717) is 25.4 Å². The Morgan fingerprint density at radius 1 is 0.862 bits per heavy atom. The van der Waals surface area contributed by atoms with E-state index in [-0.39, 0.29) is 18.0 Å². The molecule has 0 aromatic heterocycles. The summed E-state index contributed by atoms with van der Waals surface area (Å²) in [6, 6.07) is 7.15. The van der Waals surface area contributed by atoms with Gasteiger partial charge in [0.15, 0.2) is 0 Å². The van der Waals surface area contributed by atoms with E-state index in [4.69, 9.17) is 9.47 Å². The van der Waals surface area contributed by atoms with Gasteiger partial charge >= 0.3 is 18.1 Å². The average molecular weight is 416 g/mol. The van der Waals surface area contributed by atoms with Crippen LogP contribution in [0.25, 0.3) is 0 Å². The van der Waals surface area contributed by atoms with Crippen molar-refractivity contribution in [1.29, 1.82) is 0 Å². The zero-order chi connectivity index (χ0) is 21.7. The molecule has 0 heterocycles. The number of hydrogen-bond donors (Lipinski definition) is 0. The number of unbranched alkanes of at least 4 members (excludes halogenated alkanes) is 5. The molecule has 0 saturated carbocycles. The highest BCUT2D eigenvalue weighted by Crippen LogP contribution is 2.36. The van der Waals surface area contributed by atoms with Crippen LogP contribution >= 0.6 is 0 Å². The SMILES string of the molecule is CC(C)COC(=O)CCCCCCCCC(=O)OC(c1ccccc1)C(F)(F)F. The maximum atomic E-state index is 13.2. The number of esters is 2. The molecule has 1 rings (SSSR count). The van der Waals surface area contributed by atoms with Crippen molar-refractivity contribution >= 4 is 11.9 Å². The fourth-order valence-corrected chi connectivity index (χ4v) is 2.72. The van der Waals surface area contributed by atoms with E-state index in [9.17, 15) is 22.8 Å². The van der Waals surface area contributed by atoms with Gasteiger partial charge in [-0.3, -0.25) is 9.59 Å². The van der Waals surface area contributed by atoms with Gasteiger partial charge in [-0.15, -0.1) is 0 Å². The van der Waals surface area contributed by atoms with Crippen LogP contribution < -0.4 is 0 Å². The number of rotatable bonds is 13. The van der Waals surface area contributed by atoms with Gasteiger partial charge in [-0.05, 0) is 18.8 Å². The smallest absolute Gasteiger partial charge is 0.429 e. The van der Waals surface area contributed by atoms with Gasteiger partial charge in [0.05, 0.1) is 6.61 Å². The topological polar surface area (TPSA) is 52.6 Å². The first-order valence-corrected chi connectivity index (χ1v) is 10.2. The van der Waals surface area contributed by atoms with Crippen LogP contribution in [0.3, 0.4) is 0 Å². The summed E-state index contributed by atoms with van der Waals surface area (Å²) in [5.74, 6) is -0.701. The van der Waals surface area contributed by atoms with Gasteiger partial charge in [0.1, 0.15) is 0 Å². The van der Waals surface area contributed by atoms with Gasteiger partial charge in [-0.1, -0.05) is 69.9 Å². The van der Waals surface area contributed by atoms with E-state index in [2.05, 4.69) is 0 Å². The summed E-state index contributed by atoms with van der Waals surface area (Å²) in [5, 5.41) is 0. The van der Waals surface area contributed by atoms with Gasteiger partial charge < -0.3 is 9.47 Å². The summed E-state index contributed by atoms with van der Waals surface area (Å²) in [5.41, 5.74) is -0.0831. The predicted octanol–water partition coefficient (Wildman–Crippen LogP) is 6.15. The van der Waals surface area contributed by atoms with Crippen molar-refractivity contribution in [2.75, 3.05) is 6.61 Å². The van der Waals surface area contributed by atoms with E-state index in [1.807, 2.05) is 13.8 Å². The number of alkyl halides is 3. The van der Waals surface area contributed by atoms with Crippen molar-refractivity contribution in [3.05, 3.63) is 35.9 Å². The van der Waals surface area contributed by atoms with Crippen LogP contribution in [0.4, 0.5) is 13.2 Å². The first-order valence-electron chi connectivity index (χ1n) is 10.2. The molecule has 0 radical (unpaired) electrons. The van der Waals surface area contributed by atoms with Crippen LogP contribution in [-0.2, 0) is 19.1 Å². The molecule has 1 atom stereocenters. The number of ether oxygens (including phenoxy) is 2. The maximum absolute atomic E-state index is 13.2. The Hall–Kier alpha value is -2.05. The van der Waals surface area contributed by atoms with Gasteiger partial charge in [0, 0.05) is 18.4 Å². The number of carbonyl (C=O) groups is 2. The van der Waals surface area contributed by atoms with Crippen molar-refractivity contribution < 1.29 is 32.2 Å². The average Bonchev–Trinajstić information content (AvgIpc) is 2.66. The highest BCUT2D eigenvalue weighted by molar-refractivity contribution is 5.70. The molecule has 7 heteroatoms. The Labute approximate surface area is 170 Å². The Morgan fingerprint density at radius 3 is 1.90 bits per heavy atom. The van der Waals surface area contributed by atoms with Crippen LogP contribution in [0.5, 0.6) is 0 Å². The number of benzene rings is 1. The Bertz CT molecular complexity index is 600. The molecule has 164 valence electrons. The molecule has 1 aromatic rings. The standard InChI is InChI=1S/C22H31F3O4/c1-17(2)16-28-19(26)14-10-5-3-4-6-11-15-20(27)29-21(22(23,24)25)18-12-8-7-9-13-18/h7-9,12-13,17,21H,3-6,10-11,14-16H2,1-2H3. The summed E-state index contributed by atoms with van der Waals surface area (Å²) in [6.45, 7) is 4.40. The normalized spacial score (nSPS) is 12.6. The second-order valence-corrected chi connectivity index (χ2v) is 7.52. The summed E-state index contributed by atoms with van der Waals surface area (Å²) < 4.78 is 49.3. The molecule has 1 unspecified atom stereocenters. The van der Waals surface area contributed by atoms with Crippen molar-refractivity contribution in [3.63, 3.8) is 0 Å². The maximum Gasteiger partial charge on any atom is 0.429 e. The molecular formula is C22H31F3O4. The third-order valence-electron chi connectivity index (χ3n) is 4.24. The van der Waals surface area contributed by atoms with Gasteiger partial charge in [0.2, 0.25) is 6.10 Å². The van der Waals surface area contributed by atoms with Gasteiger partial charge in [-0.25, -0.2) is 0 Å². The third kappa shape index (κ3) is 11.5. The first-order chi connectivity index (χ1) is 13.7. The highest BCUT2D eigenvalue weighted by Gasteiger charge is 2.43. The van der Waals surface area contributed by atoms with Gasteiger partial charge in [0.25, 0.3) is 0 Å². The van der Waals surface area contributed by atoms with Crippen LogP contribution in [-0.4, -0.2) is 24.7 Å². The first kappa shape index (κ1) is 25.0. The monoisotopic (exact) mass is 416 g/mol. The van der Waals surface area contributed by atoms with Crippen LogP contribution in [0, 0.1) is 5.92 Å². The molecule has 29 heavy (non-hydrogen) atoms. The van der Waals surface area contributed by atoms with Crippen molar-refractivity contribution in [2.24, 2.45) is 5.92 Å². The lowest BCUT2D eigenvalue weighted by atomic mass is 10.1. The Kier molecular flexibility index (Phi) is 11.4. The fraction of sp³-hybridized carbons (Fsp3) is 0.636. The van der Waals surface area contributed by atoms with Gasteiger partial charge in [-0.2, -0.15) is 13.2 Å². The number of carbonyl (C=O) groups excluding carboxylic acids is 2. The number of halogens is 3. The van der Waals surface area contributed by atoms with E-state index in [1.54, 1.807) is 6.07 Å². The molecule has 0 N–H and O–H groups in total. The van der Waals surface area contributed by atoms with E-state index in [0.717, 1.165) is 32.1 Å². The fourth-order valence-electron chi connectivity index (χ4n) is 2.72. The van der Waals surface area contributed by atoms with Crippen LogP contribution in [0.1, 0.15) is 76.9 Å². The molecule has 0 amide bonds. The van der Waals surface area contributed by atoms with Crippen molar-refractivity contribution in [3.8, 4) is 0 Å². The second kappa shape index (κ2) is 13.2. The molecule has 4 nitrogen and oxygen atoms in total. The molecule has 0 aliphatic rings. The minimum Gasteiger partial charge on any atom is -0.465 e. The third-order valence-corrected chi connectivity index (χ3v) is 4.24. The van der Waals surface area contributed by atoms with Crippen LogP contribution in [0.15, 0.2) is 30.3 Å². The lowest BCUT2D eigenvalue weighted by molar-refractivity contribution is -0.224. The molecular weight excluding hydrogens is 385 g/mol. The van der Waals surface area contributed by atoms with Crippen molar-refractivity contribution in [1.82, 2.24) is 0 Å². The predicted molar refractivity (Wildman–Crippen MR) is 104 cm³/mol. The molecule has 0 aliphatic carbocycles. The summed E-state index contributed by atoms with van der Waals surface area (Å²) in [4.78, 5) is 23.3. The molecule has 0 spiro atoms. The second-order valence-electron chi connectivity index (χ2n) is 7.52. The van der Waals surface area contributed by atoms with E-state index < -0.39 is 18.2 Å². The molecule has 0 aliphatic heterocycles. The lowest BCUT2D eigenvalue weighted by Gasteiger charge is -2.21. The highest BCUT2D eigenvalue weighted by atomic mass is 19.4. The molecule has 0 saturated heterocycles. The number of hydrogen-bond acceptors (Lipinski definition) is 4. The largest absolute Gasteiger partial charge is 0.465 e. The molecule has 1 aromatic carbocycles. The molecule has 0 bridgehead atoms. The quantitative estimate of drug-likeness (QED) is 0.286. The minimum atomic E-state index is -4.65. The van der Waals surface area contributed by atoms with E-state index >= 15 is 0 Å². The zero-order valence-electron chi connectivity index (χ0n) is 17.2.